The van der Waals surface area contributed by atoms with Gasteiger partial charge in [-0.2, -0.15) is 0 Å². The lowest BCUT2D eigenvalue weighted by Gasteiger charge is -2.19. The van der Waals surface area contributed by atoms with Crippen LogP contribution in [0.2, 0.25) is 0 Å². The lowest BCUT2D eigenvalue weighted by molar-refractivity contribution is 0.665. The molecule has 0 saturated carbocycles. The van der Waals surface area contributed by atoms with Crippen molar-refractivity contribution in [2.45, 2.75) is 32.6 Å². The molecule has 19 heavy (non-hydrogen) atoms. The summed E-state index contributed by atoms with van der Waals surface area (Å²) in [6.45, 7) is 2.05. The van der Waals surface area contributed by atoms with Crippen LogP contribution >= 0.6 is 0 Å². The van der Waals surface area contributed by atoms with Gasteiger partial charge in [-0.15, -0.1) is 0 Å². The molecule has 2 aromatic heterocycles. The highest BCUT2D eigenvalue weighted by molar-refractivity contribution is 5.62. The predicted octanol–water partition coefficient (Wildman–Crippen LogP) is 2.77. The molecule has 0 atom stereocenters. The molecule has 0 aliphatic heterocycles. The van der Waals surface area contributed by atoms with E-state index in [-0.39, 0.29) is 0 Å². The molecule has 2 heterocycles. The van der Waals surface area contributed by atoms with E-state index in [1.54, 1.807) is 6.20 Å². The third-order valence-corrected chi connectivity index (χ3v) is 3.68. The summed E-state index contributed by atoms with van der Waals surface area (Å²) in [6.07, 6.45) is 8.26. The SMILES string of the molecule is CNc1nc(-c2ccncc2C)nc2c1CCCC2. The Morgan fingerprint density at radius 2 is 2.00 bits per heavy atom. The number of aromatic nitrogens is 3. The topological polar surface area (TPSA) is 50.7 Å². The molecule has 0 saturated heterocycles. The normalized spacial score (nSPS) is 14.0. The van der Waals surface area contributed by atoms with Gasteiger partial charge in [-0.25, -0.2) is 9.97 Å². The van der Waals surface area contributed by atoms with Crippen molar-refractivity contribution in [3.8, 4) is 11.4 Å². The highest BCUT2D eigenvalue weighted by atomic mass is 15.0. The van der Waals surface area contributed by atoms with Crippen molar-refractivity contribution in [1.82, 2.24) is 15.0 Å². The first kappa shape index (κ1) is 12.1. The van der Waals surface area contributed by atoms with Gasteiger partial charge in [0.25, 0.3) is 0 Å². The number of anilines is 1. The number of pyridine rings is 1. The molecular formula is C15H18N4. The van der Waals surface area contributed by atoms with Crippen LogP contribution in [0.3, 0.4) is 0 Å². The molecule has 0 radical (unpaired) electrons. The number of nitrogens with zero attached hydrogens (tertiary/aromatic N) is 3. The van der Waals surface area contributed by atoms with Crippen LogP contribution in [0.15, 0.2) is 18.5 Å². The molecule has 0 bridgehead atoms. The van der Waals surface area contributed by atoms with E-state index in [9.17, 15) is 0 Å². The first-order valence-electron chi connectivity index (χ1n) is 6.78. The van der Waals surface area contributed by atoms with E-state index in [2.05, 4.69) is 15.3 Å². The maximum atomic E-state index is 4.77. The molecule has 1 N–H and O–H groups in total. The van der Waals surface area contributed by atoms with Crippen LogP contribution in [0.25, 0.3) is 11.4 Å². The lowest BCUT2D eigenvalue weighted by atomic mass is 9.96. The molecule has 98 valence electrons. The van der Waals surface area contributed by atoms with Crippen LogP contribution in [-0.2, 0) is 12.8 Å². The molecule has 1 aliphatic rings. The second-order valence-corrected chi connectivity index (χ2v) is 4.97. The van der Waals surface area contributed by atoms with Gasteiger partial charge in [-0.1, -0.05) is 0 Å². The molecule has 0 fully saturated rings. The van der Waals surface area contributed by atoms with E-state index in [1.807, 2.05) is 26.2 Å². The van der Waals surface area contributed by atoms with Gasteiger partial charge in [0.1, 0.15) is 5.82 Å². The van der Waals surface area contributed by atoms with Crippen molar-refractivity contribution >= 4 is 5.82 Å². The molecule has 0 unspecified atom stereocenters. The van der Waals surface area contributed by atoms with Crippen LogP contribution in [-0.4, -0.2) is 22.0 Å². The summed E-state index contributed by atoms with van der Waals surface area (Å²) in [6, 6.07) is 1.99. The van der Waals surface area contributed by atoms with E-state index in [0.717, 1.165) is 35.6 Å². The van der Waals surface area contributed by atoms with Crippen molar-refractivity contribution in [2.24, 2.45) is 0 Å². The lowest BCUT2D eigenvalue weighted by Crippen LogP contribution is -2.12. The number of rotatable bonds is 2. The number of hydrogen-bond acceptors (Lipinski definition) is 4. The smallest absolute Gasteiger partial charge is 0.162 e. The van der Waals surface area contributed by atoms with Gasteiger partial charge in [0.15, 0.2) is 5.82 Å². The largest absolute Gasteiger partial charge is 0.373 e. The Labute approximate surface area is 113 Å². The Balaban J connectivity index is 2.15. The summed E-state index contributed by atoms with van der Waals surface area (Å²) in [5, 5.41) is 3.22. The van der Waals surface area contributed by atoms with E-state index < -0.39 is 0 Å². The number of fused-ring (bicyclic) bond motifs is 1. The van der Waals surface area contributed by atoms with E-state index in [0.29, 0.717) is 0 Å². The molecule has 0 spiro atoms. The minimum absolute atomic E-state index is 0.810. The van der Waals surface area contributed by atoms with Gasteiger partial charge in [-0.05, 0) is 44.2 Å². The zero-order chi connectivity index (χ0) is 13.2. The molecule has 1 aliphatic carbocycles. The van der Waals surface area contributed by atoms with Crippen LogP contribution in [0, 0.1) is 6.92 Å². The summed E-state index contributed by atoms with van der Waals surface area (Å²) in [5.41, 5.74) is 4.68. The van der Waals surface area contributed by atoms with Crippen LogP contribution in [0.4, 0.5) is 5.82 Å². The summed E-state index contributed by atoms with van der Waals surface area (Å²) in [7, 11) is 1.93. The molecule has 0 amide bonds. The van der Waals surface area contributed by atoms with Crippen LogP contribution in [0.1, 0.15) is 29.7 Å². The number of nitrogens with one attached hydrogen (secondary N) is 1. The highest BCUT2D eigenvalue weighted by Gasteiger charge is 2.18. The molecular weight excluding hydrogens is 236 g/mol. The Kier molecular flexibility index (Phi) is 3.15. The molecule has 2 aromatic rings. The maximum absolute atomic E-state index is 4.77. The Morgan fingerprint density at radius 1 is 1.16 bits per heavy atom. The van der Waals surface area contributed by atoms with E-state index in [4.69, 9.17) is 4.98 Å². The second kappa shape index (κ2) is 4.96. The van der Waals surface area contributed by atoms with Crippen LogP contribution in [0.5, 0.6) is 0 Å². The van der Waals surface area contributed by atoms with Gasteiger partial charge in [-0.3, -0.25) is 4.98 Å². The van der Waals surface area contributed by atoms with Gasteiger partial charge < -0.3 is 5.32 Å². The fraction of sp³-hybridized carbons (Fsp3) is 0.400. The van der Waals surface area contributed by atoms with Crippen molar-refractivity contribution in [2.75, 3.05) is 12.4 Å². The average Bonchev–Trinajstić information content (AvgIpc) is 2.46. The zero-order valence-corrected chi connectivity index (χ0v) is 11.4. The van der Waals surface area contributed by atoms with Crippen molar-refractivity contribution in [3.63, 3.8) is 0 Å². The average molecular weight is 254 g/mol. The summed E-state index contributed by atoms with van der Waals surface area (Å²) >= 11 is 0. The quantitative estimate of drug-likeness (QED) is 0.895. The monoisotopic (exact) mass is 254 g/mol. The molecule has 4 heteroatoms. The molecule has 3 rings (SSSR count). The Bertz CT molecular complexity index is 590. The zero-order valence-electron chi connectivity index (χ0n) is 11.4. The fourth-order valence-electron chi connectivity index (χ4n) is 2.65. The van der Waals surface area contributed by atoms with Crippen LogP contribution < -0.4 is 5.32 Å². The first-order valence-corrected chi connectivity index (χ1v) is 6.78. The van der Waals surface area contributed by atoms with Crippen molar-refractivity contribution < 1.29 is 0 Å². The summed E-state index contributed by atoms with van der Waals surface area (Å²) < 4.78 is 0. The standard InChI is InChI=1S/C15H18N4/c1-10-9-17-8-7-11(10)15-18-13-6-4-3-5-12(13)14(16-2)19-15/h7-9H,3-6H2,1-2H3,(H,16,18,19). The highest BCUT2D eigenvalue weighted by Crippen LogP contribution is 2.28. The minimum Gasteiger partial charge on any atom is -0.373 e. The predicted molar refractivity (Wildman–Crippen MR) is 76.2 cm³/mol. The number of aryl methyl sites for hydroxylation is 2. The fourth-order valence-corrected chi connectivity index (χ4v) is 2.65. The Hall–Kier alpha value is -1.97. The van der Waals surface area contributed by atoms with E-state index >= 15 is 0 Å². The molecule has 4 nitrogen and oxygen atoms in total. The van der Waals surface area contributed by atoms with Crippen molar-refractivity contribution in [3.05, 3.63) is 35.3 Å². The third-order valence-electron chi connectivity index (χ3n) is 3.68. The van der Waals surface area contributed by atoms with Gasteiger partial charge in [0.05, 0.1) is 0 Å². The molecule has 0 aromatic carbocycles. The second-order valence-electron chi connectivity index (χ2n) is 4.97. The first-order chi connectivity index (χ1) is 9.29. The maximum Gasteiger partial charge on any atom is 0.162 e. The Morgan fingerprint density at radius 3 is 2.79 bits per heavy atom. The minimum atomic E-state index is 0.810. The van der Waals surface area contributed by atoms with Crippen molar-refractivity contribution in [1.29, 1.82) is 0 Å². The number of hydrogen-bond donors (Lipinski definition) is 1. The van der Waals surface area contributed by atoms with Gasteiger partial charge in [0, 0.05) is 36.3 Å². The summed E-state index contributed by atoms with van der Waals surface area (Å²) in [4.78, 5) is 13.6. The summed E-state index contributed by atoms with van der Waals surface area (Å²) in [5.74, 6) is 1.79. The third kappa shape index (κ3) is 2.18. The van der Waals surface area contributed by atoms with E-state index in [1.165, 1.54) is 24.1 Å². The van der Waals surface area contributed by atoms with Gasteiger partial charge in [0.2, 0.25) is 0 Å². The van der Waals surface area contributed by atoms with Gasteiger partial charge >= 0.3 is 0 Å².